The van der Waals surface area contributed by atoms with E-state index in [9.17, 15) is 34.2 Å². The van der Waals surface area contributed by atoms with Crippen molar-refractivity contribution in [3.05, 3.63) is 29.8 Å². The number of carbonyl (C=O) groups is 5. The van der Waals surface area contributed by atoms with Crippen LogP contribution in [-0.2, 0) is 30.4 Å². The van der Waals surface area contributed by atoms with Gasteiger partial charge in [-0.3, -0.25) is 14.4 Å². The summed E-state index contributed by atoms with van der Waals surface area (Å²) in [6.07, 6.45) is 3.40. The first kappa shape index (κ1) is 35.0. The Kier molecular flexibility index (Phi) is 13.5. The molecule has 0 radical (unpaired) electrons. The summed E-state index contributed by atoms with van der Waals surface area (Å²) in [6, 6.07) is 6.00. The Morgan fingerprint density at radius 1 is 1.07 bits per heavy atom. The number of carbonyl (C=O) groups excluding carboxylic acids is 5. The number of para-hydroxylation sites is 1. The summed E-state index contributed by atoms with van der Waals surface area (Å²) in [5.41, 5.74) is 0.191. The zero-order chi connectivity index (χ0) is 29.4. The molecule has 0 bridgehead atoms. The average molecular weight is 597 g/mol. The van der Waals surface area contributed by atoms with Crippen molar-refractivity contribution in [2.24, 2.45) is 11.3 Å². The molecule has 1 fully saturated rings. The molecule has 1 aromatic carbocycles. The van der Waals surface area contributed by atoms with E-state index >= 15 is 0 Å². The predicted octanol–water partition coefficient (Wildman–Crippen LogP) is -1.06. The van der Waals surface area contributed by atoms with Gasteiger partial charge in [0.1, 0.15) is 6.04 Å². The first-order valence-electron chi connectivity index (χ1n) is 13.9. The van der Waals surface area contributed by atoms with Crippen LogP contribution in [-0.4, -0.2) is 124 Å². The summed E-state index contributed by atoms with van der Waals surface area (Å²) in [6.45, 7) is 0.622. The van der Waals surface area contributed by atoms with E-state index in [-0.39, 0.29) is 62.9 Å². The van der Waals surface area contributed by atoms with Gasteiger partial charge < -0.3 is 39.8 Å². The van der Waals surface area contributed by atoms with E-state index in [4.69, 9.17) is 0 Å². The van der Waals surface area contributed by atoms with Crippen molar-refractivity contribution < 1.29 is 34.2 Å². The fourth-order valence-corrected chi connectivity index (χ4v) is 5.85. The van der Waals surface area contributed by atoms with Gasteiger partial charge in [0.15, 0.2) is 0 Å². The van der Waals surface area contributed by atoms with Crippen LogP contribution >= 0.6 is 0 Å². The summed E-state index contributed by atoms with van der Waals surface area (Å²) < 4.78 is 0. The number of anilines is 1. The Labute approximate surface area is 271 Å². The SMILES string of the molecule is CN(C)CCCN(C)C(=O)C[C@H](CC1(C(=O)N[C@H]2CCc3ccccc3N(CC(=O)[O-])C2=O)CCCC1)C(=O)[O-].[Ca+2]. The molecular weight excluding hydrogens is 556 g/mol. The van der Waals surface area contributed by atoms with Gasteiger partial charge in [-0.1, -0.05) is 31.0 Å². The summed E-state index contributed by atoms with van der Waals surface area (Å²) in [7, 11) is 5.50. The maximum Gasteiger partial charge on any atom is 2.00 e. The van der Waals surface area contributed by atoms with E-state index in [0.717, 1.165) is 23.4 Å². The van der Waals surface area contributed by atoms with Crippen molar-refractivity contribution in [3.63, 3.8) is 0 Å². The number of hydrogen-bond acceptors (Lipinski definition) is 8. The second kappa shape index (κ2) is 15.9. The maximum absolute atomic E-state index is 13.8. The van der Waals surface area contributed by atoms with E-state index < -0.39 is 47.7 Å². The molecule has 2 atom stereocenters. The second-order valence-corrected chi connectivity index (χ2v) is 11.4. The van der Waals surface area contributed by atoms with Crippen molar-refractivity contribution in [2.45, 2.75) is 63.8 Å². The Morgan fingerprint density at radius 2 is 1.73 bits per heavy atom. The van der Waals surface area contributed by atoms with Gasteiger partial charge in [0.05, 0.1) is 12.5 Å². The van der Waals surface area contributed by atoms with Gasteiger partial charge in [-0.25, -0.2) is 0 Å². The van der Waals surface area contributed by atoms with Crippen LogP contribution in [0, 0.1) is 11.3 Å². The first-order valence-corrected chi connectivity index (χ1v) is 13.9. The number of amides is 3. The number of benzene rings is 1. The molecule has 41 heavy (non-hydrogen) atoms. The van der Waals surface area contributed by atoms with Crippen molar-refractivity contribution >= 4 is 73.1 Å². The third-order valence-corrected chi connectivity index (χ3v) is 8.10. The van der Waals surface area contributed by atoms with Gasteiger partial charge in [-0.2, -0.15) is 0 Å². The number of hydrogen-bond donors (Lipinski definition) is 1. The summed E-state index contributed by atoms with van der Waals surface area (Å²) in [4.78, 5) is 68.2. The van der Waals surface area contributed by atoms with Gasteiger partial charge in [0.2, 0.25) is 17.7 Å². The van der Waals surface area contributed by atoms with Crippen LogP contribution in [0.25, 0.3) is 0 Å². The standard InChI is InChI=1S/C29H42N4O7.Ca/c1-31(2)15-8-16-32(3)24(34)17-21(27(38)39)18-29(13-6-7-14-29)28(40)30-22-12-11-20-9-4-5-10-23(20)33(26(22)37)19-25(35)36;/h4-5,9-10,21-22H,6-8,11-19H2,1-3H3,(H,30,40)(H,35,36)(H,38,39);/q;+2/p-2/t21-,22+;/m1./s1. The minimum atomic E-state index is -1.42. The number of aliphatic carboxylic acids is 2. The Morgan fingerprint density at radius 3 is 2.34 bits per heavy atom. The molecular formula is C29H40CaN4O7. The predicted molar refractivity (Wildman–Crippen MR) is 149 cm³/mol. The summed E-state index contributed by atoms with van der Waals surface area (Å²) in [5, 5.41) is 26.4. The maximum atomic E-state index is 13.8. The quantitative estimate of drug-likeness (QED) is 0.283. The zero-order valence-electron chi connectivity index (χ0n) is 24.4. The molecule has 3 rings (SSSR count). The Bertz CT molecular complexity index is 1110. The molecule has 1 aromatic rings. The molecule has 1 aliphatic carbocycles. The monoisotopic (exact) mass is 596 g/mol. The van der Waals surface area contributed by atoms with Crippen LogP contribution in [0.2, 0.25) is 0 Å². The number of nitrogens with one attached hydrogen (secondary N) is 1. The molecule has 3 amide bonds. The van der Waals surface area contributed by atoms with Crippen LogP contribution in [0.4, 0.5) is 5.69 Å². The number of nitrogens with zero attached hydrogens (tertiary/aromatic N) is 3. The van der Waals surface area contributed by atoms with E-state index in [1.54, 1.807) is 25.2 Å². The van der Waals surface area contributed by atoms with Gasteiger partial charge in [-0.15, -0.1) is 0 Å². The van der Waals surface area contributed by atoms with Crippen molar-refractivity contribution in [1.29, 1.82) is 0 Å². The fraction of sp³-hybridized carbons (Fsp3) is 0.621. The third-order valence-electron chi connectivity index (χ3n) is 8.10. The van der Waals surface area contributed by atoms with E-state index in [2.05, 4.69) is 5.32 Å². The number of rotatable bonds is 13. The molecule has 12 heteroatoms. The van der Waals surface area contributed by atoms with Gasteiger partial charge in [0, 0.05) is 43.0 Å². The van der Waals surface area contributed by atoms with Crippen LogP contribution in [0.5, 0.6) is 0 Å². The van der Waals surface area contributed by atoms with Gasteiger partial charge in [-0.05, 0) is 70.8 Å². The number of aryl methyl sites for hydroxylation is 1. The third kappa shape index (κ3) is 9.39. The molecule has 1 heterocycles. The zero-order valence-corrected chi connectivity index (χ0v) is 26.6. The molecule has 0 unspecified atom stereocenters. The molecule has 1 saturated carbocycles. The summed E-state index contributed by atoms with van der Waals surface area (Å²) in [5.74, 6) is -5.28. The van der Waals surface area contributed by atoms with Crippen molar-refractivity contribution in [1.82, 2.24) is 15.1 Å². The molecule has 1 aliphatic heterocycles. The summed E-state index contributed by atoms with van der Waals surface area (Å²) >= 11 is 0. The molecule has 0 aromatic heterocycles. The number of carboxylic acid groups (broad SMARTS) is 2. The number of carboxylic acids is 2. The smallest absolute Gasteiger partial charge is 0.550 e. The van der Waals surface area contributed by atoms with Crippen molar-refractivity contribution in [2.75, 3.05) is 45.7 Å². The van der Waals surface area contributed by atoms with Crippen molar-refractivity contribution in [3.8, 4) is 0 Å². The van der Waals surface area contributed by atoms with Crippen LogP contribution < -0.4 is 20.4 Å². The topological polar surface area (TPSA) is 153 Å². The molecule has 1 N–H and O–H groups in total. The second-order valence-electron chi connectivity index (χ2n) is 11.4. The molecule has 0 saturated heterocycles. The van der Waals surface area contributed by atoms with Crippen LogP contribution in [0.3, 0.4) is 0 Å². The minimum Gasteiger partial charge on any atom is -0.550 e. The van der Waals surface area contributed by atoms with E-state index in [0.29, 0.717) is 44.3 Å². The normalized spacial score (nSPS) is 18.6. The van der Waals surface area contributed by atoms with Gasteiger partial charge in [0.25, 0.3) is 0 Å². The Balaban J connectivity index is 0.00000588. The molecule has 220 valence electrons. The van der Waals surface area contributed by atoms with Crippen LogP contribution in [0.1, 0.15) is 56.9 Å². The van der Waals surface area contributed by atoms with E-state index in [1.807, 2.05) is 25.1 Å². The minimum absolute atomic E-state index is 0. The van der Waals surface area contributed by atoms with Crippen LogP contribution in [0.15, 0.2) is 24.3 Å². The largest absolute Gasteiger partial charge is 2.00 e. The van der Waals surface area contributed by atoms with Gasteiger partial charge >= 0.3 is 37.7 Å². The fourth-order valence-electron chi connectivity index (χ4n) is 5.85. The first-order chi connectivity index (χ1) is 18.9. The number of fused-ring (bicyclic) bond motifs is 1. The Hall–Kier alpha value is -2.21. The molecule has 11 nitrogen and oxygen atoms in total. The van der Waals surface area contributed by atoms with E-state index in [1.165, 1.54) is 4.90 Å². The molecule has 2 aliphatic rings. The molecule has 0 spiro atoms. The average Bonchev–Trinajstić information content (AvgIpc) is 3.34.